The van der Waals surface area contributed by atoms with Crippen molar-refractivity contribution in [3.05, 3.63) is 22.2 Å². The molecule has 3 heterocycles. The molecule has 1 aromatic rings. The van der Waals surface area contributed by atoms with Crippen molar-refractivity contribution in [2.24, 2.45) is 0 Å². The molecule has 136 valence electrons. The molecular formula is C12H21N4O7P. The van der Waals surface area contributed by atoms with Crippen LogP contribution in [0.15, 0.2) is 11.0 Å². The van der Waals surface area contributed by atoms with Crippen molar-refractivity contribution in [2.75, 3.05) is 12.3 Å². The van der Waals surface area contributed by atoms with Gasteiger partial charge in [0.15, 0.2) is 6.23 Å². The Morgan fingerprint density at radius 3 is 2.79 bits per heavy atom. The number of phosphoric acid groups is 1. The van der Waals surface area contributed by atoms with Gasteiger partial charge in [-0.1, -0.05) is 13.8 Å². The number of hydrogen-bond donors (Lipinski definition) is 4. The zero-order valence-electron chi connectivity index (χ0n) is 13.2. The topological polar surface area (TPSA) is 181 Å². The third kappa shape index (κ3) is 3.24. The summed E-state index contributed by atoms with van der Waals surface area (Å²) in [6.45, 7) is 3.54. The fourth-order valence-corrected chi connectivity index (χ4v) is 3.65. The summed E-state index contributed by atoms with van der Waals surface area (Å²) >= 11 is 0. The second kappa shape index (κ2) is 6.52. The number of rotatable bonds is 2. The van der Waals surface area contributed by atoms with Crippen molar-refractivity contribution in [2.45, 2.75) is 44.3 Å². The second-order valence-corrected chi connectivity index (χ2v) is 7.22. The first kappa shape index (κ1) is 19.0. The molecule has 2 saturated heterocycles. The number of aliphatic hydroxyl groups excluding tert-OH is 1. The van der Waals surface area contributed by atoms with Crippen molar-refractivity contribution < 1.29 is 28.3 Å². The van der Waals surface area contributed by atoms with E-state index < -0.39 is 38.1 Å². The molecule has 0 spiro atoms. The third-order valence-corrected chi connectivity index (χ3v) is 4.86. The van der Waals surface area contributed by atoms with E-state index in [-0.39, 0.29) is 24.5 Å². The van der Waals surface area contributed by atoms with E-state index in [0.29, 0.717) is 5.56 Å². The molecule has 0 radical (unpaired) electrons. The van der Waals surface area contributed by atoms with Gasteiger partial charge < -0.3 is 26.6 Å². The number of hydrogen-bond acceptors (Lipinski definition) is 9. The van der Waals surface area contributed by atoms with Crippen molar-refractivity contribution in [1.29, 1.82) is 0 Å². The van der Waals surface area contributed by atoms with Gasteiger partial charge in [0.25, 0.3) is 0 Å². The lowest BCUT2D eigenvalue weighted by Gasteiger charge is -2.27. The lowest BCUT2D eigenvalue weighted by Crippen LogP contribution is -2.40. The SMILES string of the molecule is CC(C)c1cn([C@@H]2O[C@@H]3COP(=O)(O)O[C@H]3[C@H]2O)c(=O)nc1N.N. The van der Waals surface area contributed by atoms with Gasteiger partial charge in [-0.25, -0.2) is 9.36 Å². The maximum absolute atomic E-state index is 12.1. The van der Waals surface area contributed by atoms with E-state index in [1.807, 2.05) is 13.8 Å². The second-order valence-electron chi connectivity index (χ2n) is 5.82. The van der Waals surface area contributed by atoms with E-state index in [4.69, 9.17) is 15.0 Å². The van der Waals surface area contributed by atoms with Crippen LogP contribution in [-0.4, -0.2) is 44.5 Å². The monoisotopic (exact) mass is 364 g/mol. The molecule has 11 nitrogen and oxygen atoms in total. The largest absolute Gasteiger partial charge is 0.472 e. The molecule has 0 aliphatic carbocycles. The van der Waals surface area contributed by atoms with Crippen LogP contribution in [0.25, 0.3) is 0 Å². The zero-order valence-corrected chi connectivity index (χ0v) is 14.1. The van der Waals surface area contributed by atoms with E-state index in [2.05, 4.69) is 9.51 Å². The highest BCUT2D eigenvalue weighted by Crippen LogP contribution is 2.52. The Morgan fingerprint density at radius 1 is 1.50 bits per heavy atom. The van der Waals surface area contributed by atoms with Crippen molar-refractivity contribution in [1.82, 2.24) is 15.7 Å². The first-order valence-electron chi connectivity index (χ1n) is 7.07. The Morgan fingerprint density at radius 2 is 2.17 bits per heavy atom. The minimum absolute atomic E-state index is 0. The predicted molar refractivity (Wildman–Crippen MR) is 82.6 cm³/mol. The number of ether oxygens (including phenoxy) is 1. The summed E-state index contributed by atoms with van der Waals surface area (Å²) in [4.78, 5) is 25.2. The minimum atomic E-state index is -4.22. The van der Waals surface area contributed by atoms with E-state index in [9.17, 15) is 19.4 Å². The Balaban J connectivity index is 0.00000208. The molecule has 0 saturated carbocycles. The number of nitrogen functional groups attached to an aromatic ring is 1. The van der Waals surface area contributed by atoms with Gasteiger partial charge in [-0.05, 0) is 5.92 Å². The number of fused-ring (bicyclic) bond motifs is 1. The van der Waals surface area contributed by atoms with Gasteiger partial charge in [0, 0.05) is 11.8 Å². The molecule has 5 atom stereocenters. The van der Waals surface area contributed by atoms with Gasteiger partial charge in [0.1, 0.15) is 24.1 Å². The summed E-state index contributed by atoms with van der Waals surface area (Å²) in [5.41, 5.74) is 5.67. The fourth-order valence-electron chi connectivity index (χ4n) is 2.69. The molecule has 2 aliphatic rings. The summed E-state index contributed by atoms with van der Waals surface area (Å²) in [6.07, 6.45) is -2.80. The van der Waals surface area contributed by atoms with Crippen LogP contribution < -0.4 is 17.6 Å². The molecule has 24 heavy (non-hydrogen) atoms. The minimum Gasteiger partial charge on any atom is -0.386 e. The molecular weight excluding hydrogens is 343 g/mol. The summed E-state index contributed by atoms with van der Waals surface area (Å²) in [6, 6.07) is 0. The maximum Gasteiger partial charge on any atom is 0.472 e. The molecule has 1 unspecified atom stereocenters. The van der Waals surface area contributed by atoms with Gasteiger partial charge >= 0.3 is 13.5 Å². The van der Waals surface area contributed by atoms with Gasteiger partial charge in [0.05, 0.1) is 6.61 Å². The first-order chi connectivity index (χ1) is 10.7. The summed E-state index contributed by atoms with van der Waals surface area (Å²) in [5.74, 6) is 0.123. The maximum atomic E-state index is 12.1. The molecule has 0 amide bonds. The van der Waals surface area contributed by atoms with Crippen LogP contribution >= 0.6 is 7.82 Å². The number of aromatic nitrogens is 2. The molecule has 2 fully saturated rings. The van der Waals surface area contributed by atoms with Crippen LogP contribution in [0, 0.1) is 0 Å². The van der Waals surface area contributed by atoms with E-state index >= 15 is 0 Å². The molecule has 2 aliphatic heterocycles. The van der Waals surface area contributed by atoms with Crippen LogP contribution in [0.2, 0.25) is 0 Å². The number of phosphoric ester groups is 1. The van der Waals surface area contributed by atoms with Crippen LogP contribution in [0.4, 0.5) is 5.82 Å². The van der Waals surface area contributed by atoms with Gasteiger partial charge in [-0.15, -0.1) is 0 Å². The summed E-state index contributed by atoms with van der Waals surface area (Å²) in [7, 11) is -4.22. The Kier molecular flexibility index (Phi) is 5.17. The highest BCUT2D eigenvalue weighted by atomic mass is 31.2. The normalized spacial score (nSPS) is 35.5. The molecule has 3 rings (SSSR count). The van der Waals surface area contributed by atoms with Crippen molar-refractivity contribution in [3.63, 3.8) is 0 Å². The van der Waals surface area contributed by atoms with Gasteiger partial charge in [-0.2, -0.15) is 4.98 Å². The summed E-state index contributed by atoms with van der Waals surface area (Å²) < 4.78 is 27.7. The highest BCUT2D eigenvalue weighted by molar-refractivity contribution is 7.47. The highest BCUT2D eigenvalue weighted by Gasteiger charge is 2.52. The first-order valence-corrected chi connectivity index (χ1v) is 8.57. The lowest BCUT2D eigenvalue weighted by atomic mass is 10.1. The van der Waals surface area contributed by atoms with Crippen LogP contribution in [0.5, 0.6) is 0 Å². The van der Waals surface area contributed by atoms with Crippen molar-refractivity contribution >= 4 is 13.6 Å². The molecule has 1 aromatic heterocycles. The average Bonchev–Trinajstić information content (AvgIpc) is 2.74. The summed E-state index contributed by atoms with van der Waals surface area (Å²) in [5, 5.41) is 10.3. The number of nitrogens with zero attached hydrogens (tertiary/aromatic N) is 2. The van der Waals surface area contributed by atoms with Crippen LogP contribution in [-0.2, 0) is 18.3 Å². The van der Waals surface area contributed by atoms with Crippen LogP contribution in [0.1, 0.15) is 31.6 Å². The quantitative estimate of drug-likeness (QED) is 0.516. The molecule has 12 heteroatoms. The number of anilines is 1. The lowest BCUT2D eigenvalue weighted by molar-refractivity contribution is -0.0685. The smallest absolute Gasteiger partial charge is 0.386 e. The fraction of sp³-hybridized carbons (Fsp3) is 0.667. The van der Waals surface area contributed by atoms with Gasteiger partial charge in [-0.3, -0.25) is 13.6 Å². The molecule has 0 bridgehead atoms. The van der Waals surface area contributed by atoms with E-state index in [1.165, 1.54) is 6.20 Å². The van der Waals surface area contributed by atoms with E-state index in [1.54, 1.807) is 0 Å². The van der Waals surface area contributed by atoms with Crippen LogP contribution in [0.3, 0.4) is 0 Å². The Bertz CT molecular complexity index is 724. The third-order valence-electron chi connectivity index (χ3n) is 3.87. The molecule has 7 N–H and O–H groups in total. The Hall–Kier alpha value is -1.33. The average molecular weight is 364 g/mol. The zero-order chi connectivity index (χ0) is 16.9. The van der Waals surface area contributed by atoms with Crippen molar-refractivity contribution in [3.8, 4) is 0 Å². The van der Waals surface area contributed by atoms with E-state index in [0.717, 1.165) is 4.57 Å². The molecule has 0 aromatic carbocycles. The number of aliphatic hydroxyl groups is 1. The van der Waals surface area contributed by atoms with Gasteiger partial charge in [0.2, 0.25) is 0 Å². The Labute approximate surface area is 137 Å². The standard InChI is InChI=1S/C12H18N3O7P.H3N/c1-5(2)6-3-15(12(17)14-10(6)13)11-8(16)9-7(21-11)4-20-23(18,19)22-9;/h3,5,7-9,11,16H,4H2,1-2H3,(H,18,19)(H2,13,14,17);1H3/t7-,8-,9-,11-;/m1./s1. The predicted octanol–water partition coefficient (Wildman–Crippen LogP) is -0.115. The number of nitrogens with two attached hydrogens (primary N) is 1.